The van der Waals surface area contributed by atoms with Crippen molar-refractivity contribution in [2.24, 2.45) is 11.0 Å². The van der Waals surface area contributed by atoms with E-state index in [1.54, 1.807) is 26.2 Å². The van der Waals surface area contributed by atoms with E-state index in [-0.39, 0.29) is 17.6 Å². The summed E-state index contributed by atoms with van der Waals surface area (Å²) in [6, 6.07) is 12.4. The number of carbonyl (C=O) groups excluding carboxylic acids is 1. The lowest BCUT2D eigenvalue weighted by Gasteiger charge is -2.31. The molecule has 0 aromatic heterocycles. The monoisotopic (exact) mass is 435 g/mol. The van der Waals surface area contributed by atoms with Gasteiger partial charge in [0.15, 0.2) is 0 Å². The second-order valence-electron chi connectivity index (χ2n) is 7.83. The molecule has 2 aliphatic rings. The van der Waals surface area contributed by atoms with E-state index in [4.69, 9.17) is 14.6 Å². The lowest BCUT2D eigenvalue weighted by molar-refractivity contribution is -0.384. The average molecular weight is 435 g/mol. The number of nitro benzene ring substituents is 1. The molecule has 8 heteroatoms. The van der Waals surface area contributed by atoms with E-state index < -0.39 is 10.9 Å². The Balaban J connectivity index is 1.77. The van der Waals surface area contributed by atoms with Gasteiger partial charge < -0.3 is 9.47 Å². The molecule has 1 heterocycles. The molecular formula is C24H25N3O5. The van der Waals surface area contributed by atoms with Crippen LogP contribution in [0.1, 0.15) is 43.0 Å². The van der Waals surface area contributed by atoms with Crippen molar-refractivity contribution in [1.82, 2.24) is 5.01 Å². The summed E-state index contributed by atoms with van der Waals surface area (Å²) >= 11 is 0. The summed E-state index contributed by atoms with van der Waals surface area (Å²) in [5, 5.41) is 17.9. The number of rotatable bonds is 6. The van der Waals surface area contributed by atoms with Crippen LogP contribution in [0.2, 0.25) is 0 Å². The van der Waals surface area contributed by atoms with E-state index in [1.165, 1.54) is 23.8 Å². The molecule has 0 saturated heterocycles. The first kappa shape index (κ1) is 21.5. The molecule has 0 spiro atoms. The molecule has 32 heavy (non-hydrogen) atoms. The fourth-order valence-electron chi connectivity index (χ4n) is 4.47. The SMILES string of the molecule is CCOC(=O)/C=C(/C)N1N=C2c3ccc(OC)cc3CC[C@H]2[C@@H]1c1ccc([N+](=O)[O-])cc1. The summed E-state index contributed by atoms with van der Waals surface area (Å²) in [5.41, 5.74) is 4.81. The first-order chi connectivity index (χ1) is 15.4. The van der Waals surface area contributed by atoms with Crippen molar-refractivity contribution in [2.75, 3.05) is 13.7 Å². The van der Waals surface area contributed by atoms with E-state index in [9.17, 15) is 14.9 Å². The summed E-state index contributed by atoms with van der Waals surface area (Å²) < 4.78 is 10.4. The lowest BCUT2D eigenvalue weighted by Crippen LogP contribution is -2.28. The van der Waals surface area contributed by atoms with Gasteiger partial charge in [0.25, 0.3) is 5.69 Å². The number of esters is 1. The molecular weight excluding hydrogens is 410 g/mol. The summed E-state index contributed by atoms with van der Waals surface area (Å²) in [4.78, 5) is 22.8. The molecule has 166 valence electrons. The van der Waals surface area contributed by atoms with Gasteiger partial charge in [-0.1, -0.05) is 12.1 Å². The molecule has 1 aliphatic heterocycles. The van der Waals surface area contributed by atoms with Gasteiger partial charge in [0.2, 0.25) is 0 Å². The standard InChI is InChI=1S/C24H25N3O5/c1-4-32-22(28)13-15(2)26-24(16-5-8-18(9-6-16)27(29)30)21-11-7-17-14-19(31-3)10-12-20(17)23(21)25-26/h5-6,8-10,12-14,21,24H,4,7,11H2,1-3H3/b15-13-/t21-,24+/m1/s1. The number of nitro groups is 1. The second kappa shape index (κ2) is 8.82. The van der Waals surface area contributed by atoms with Crippen LogP contribution in [-0.2, 0) is 16.0 Å². The van der Waals surface area contributed by atoms with Crippen molar-refractivity contribution in [1.29, 1.82) is 0 Å². The zero-order valence-corrected chi connectivity index (χ0v) is 18.3. The van der Waals surface area contributed by atoms with Crippen LogP contribution in [0.4, 0.5) is 5.69 Å². The highest BCUT2D eigenvalue weighted by atomic mass is 16.6. The maximum Gasteiger partial charge on any atom is 0.332 e. The van der Waals surface area contributed by atoms with Crippen LogP contribution in [0, 0.1) is 16.0 Å². The first-order valence-electron chi connectivity index (χ1n) is 10.6. The average Bonchev–Trinajstić information content (AvgIpc) is 3.19. The number of hydrogen-bond acceptors (Lipinski definition) is 7. The molecule has 1 aliphatic carbocycles. The van der Waals surface area contributed by atoms with Crippen LogP contribution in [0.15, 0.2) is 59.3 Å². The molecule has 4 rings (SSSR count). The topological polar surface area (TPSA) is 94.3 Å². The van der Waals surface area contributed by atoms with Crippen molar-refractivity contribution < 1.29 is 19.2 Å². The number of carbonyl (C=O) groups is 1. The van der Waals surface area contributed by atoms with E-state index in [0.29, 0.717) is 12.3 Å². The molecule has 2 aromatic rings. The van der Waals surface area contributed by atoms with Crippen LogP contribution in [0.5, 0.6) is 5.75 Å². The molecule has 0 unspecified atom stereocenters. The van der Waals surface area contributed by atoms with Crippen molar-refractivity contribution in [3.05, 3.63) is 81.0 Å². The lowest BCUT2D eigenvalue weighted by atomic mass is 9.77. The maximum absolute atomic E-state index is 12.1. The first-order valence-corrected chi connectivity index (χ1v) is 10.6. The van der Waals surface area contributed by atoms with Gasteiger partial charge >= 0.3 is 5.97 Å². The normalized spacial score (nSPS) is 19.7. The summed E-state index contributed by atoms with van der Waals surface area (Å²) in [7, 11) is 1.65. The number of non-ortho nitro benzene ring substituents is 1. The third kappa shape index (κ3) is 3.95. The van der Waals surface area contributed by atoms with Gasteiger partial charge in [-0.05, 0) is 56.0 Å². The molecule has 0 saturated carbocycles. The number of hydrogen-bond donors (Lipinski definition) is 0. The molecule has 8 nitrogen and oxygen atoms in total. The van der Waals surface area contributed by atoms with Crippen molar-refractivity contribution in [2.45, 2.75) is 32.7 Å². The molecule has 0 radical (unpaired) electrons. The molecule has 0 amide bonds. The molecule has 2 atom stereocenters. The van der Waals surface area contributed by atoms with Crippen LogP contribution < -0.4 is 4.74 Å². The Bertz CT molecular complexity index is 1110. The van der Waals surface area contributed by atoms with Gasteiger partial charge in [0, 0.05) is 35.4 Å². The number of benzene rings is 2. The summed E-state index contributed by atoms with van der Waals surface area (Å²) in [6.07, 6.45) is 3.18. The predicted octanol–water partition coefficient (Wildman–Crippen LogP) is 4.39. The number of nitrogens with zero attached hydrogens (tertiary/aromatic N) is 3. The third-order valence-corrected chi connectivity index (χ3v) is 5.94. The van der Waals surface area contributed by atoms with Gasteiger partial charge in [-0.15, -0.1) is 0 Å². The Morgan fingerprint density at radius 1 is 1.28 bits per heavy atom. The molecule has 0 bridgehead atoms. The summed E-state index contributed by atoms with van der Waals surface area (Å²) in [5.74, 6) is 0.471. The van der Waals surface area contributed by atoms with Gasteiger partial charge in [0.1, 0.15) is 5.75 Å². The minimum atomic E-state index is -0.423. The third-order valence-electron chi connectivity index (χ3n) is 5.94. The van der Waals surface area contributed by atoms with Crippen LogP contribution >= 0.6 is 0 Å². The molecule has 0 N–H and O–H groups in total. The Kier molecular flexibility index (Phi) is 5.94. The zero-order valence-electron chi connectivity index (χ0n) is 18.3. The van der Waals surface area contributed by atoms with Gasteiger partial charge in [-0.2, -0.15) is 5.10 Å². The zero-order chi connectivity index (χ0) is 22.8. The molecule has 0 fully saturated rings. The van der Waals surface area contributed by atoms with Gasteiger partial charge in [0.05, 0.1) is 30.4 Å². The van der Waals surface area contributed by atoms with E-state index in [1.807, 2.05) is 30.1 Å². The minimum Gasteiger partial charge on any atom is -0.497 e. The number of ether oxygens (including phenoxy) is 2. The highest BCUT2D eigenvalue weighted by Gasteiger charge is 2.42. The Labute approximate surface area is 186 Å². The van der Waals surface area contributed by atoms with Gasteiger partial charge in [-0.3, -0.25) is 15.1 Å². The Morgan fingerprint density at radius 3 is 2.69 bits per heavy atom. The maximum atomic E-state index is 12.1. The largest absolute Gasteiger partial charge is 0.497 e. The quantitative estimate of drug-likeness (QED) is 0.289. The Hall–Kier alpha value is -3.68. The Morgan fingerprint density at radius 2 is 2.03 bits per heavy atom. The van der Waals surface area contributed by atoms with Crippen LogP contribution in [0.3, 0.4) is 0 Å². The van der Waals surface area contributed by atoms with E-state index in [2.05, 4.69) is 0 Å². The number of fused-ring (bicyclic) bond motifs is 3. The smallest absolute Gasteiger partial charge is 0.332 e. The predicted molar refractivity (Wildman–Crippen MR) is 119 cm³/mol. The van der Waals surface area contributed by atoms with E-state index >= 15 is 0 Å². The van der Waals surface area contributed by atoms with Crippen molar-refractivity contribution in [3.63, 3.8) is 0 Å². The fourth-order valence-corrected chi connectivity index (χ4v) is 4.47. The van der Waals surface area contributed by atoms with Crippen molar-refractivity contribution >= 4 is 17.4 Å². The highest BCUT2D eigenvalue weighted by Crippen LogP contribution is 2.45. The minimum absolute atomic E-state index is 0.0410. The van der Waals surface area contributed by atoms with Crippen molar-refractivity contribution in [3.8, 4) is 5.75 Å². The number of allylic oxidation sites excluding steroid dienone is 1. The number of hydrazone groups is 1. The number of methoxy groups -OCH3 is 1. The summed E-state index contributed by atoms with van der Waals surface area (Å²) in [6.45, 7) is 3.88. The number of aryl methyl sites for hydroxylation is 1. The van der Waals surface area contributed by atoms with E-state index in [0.717, 1.165) is 35.4 Å². The second-order valence-corrected chi connectivity index (χ2v) is 7.83. The van der Waals surface area contributed by atoms with Crippen LogP contribution in [0.25, 0.3) is 0 Å². The van der Waals surface area contributed by atoms with Crippen LogP contribution in [-0.4, -0.2) is 35.3 Å². The van der Waals surface area contributed by atoms with Gasteiger partial charge in [-0.25, -0.2) is 4.79 Å². The highest BCUT2D eigenvalue weighted by molar-refractivity contribution is 6.06. The molecule has 2 aromatic carbocycles. The fraction of sp³-hybridized carbons (Fsp3) is 0.333.